The van der Waals surface area contributed by atoms with Crippen molar-refractivity contribution in [3.8, 4) is 5.75 Å². The number of aliphatic hydroxyl groups is 1. The Kier molecular flexibility index (Phi) is 5.00. The summed E-state index contributed by atoms with van der Waals surface area (Å²) in [6, 6.07) is 0.220. The van der Waals surface area contributed by atoms with Crippen LogP contribution in [0.15, 0.2) is 6.20 Å². The average Bonchev–Trinajstić information content (AvgIpc) is 2.73. The van der Waals surface area contributed by atoms with Crippen molar-refractivity contribution < 1.29 is 9.84 Å². The first-order chi connectivity index (χ1) is 8.06. The Labute approximate surface area is 104 Å². The second-order valence-corrected chi connectivity index (χ2v) is 4.66. The Bertz CT molecular complexity index is 343. The first kappa shape index (κ1) is 14.0. The van der Waals surface area contributed by atoms with Gasteiger partial charge in [-0.25, -0.2) is 0 Å². The molecule has 0 aliphatic carbocycles. The van der Waals surface area contributed by atoms with Gasteiger partial charge >= 0.3 is 0 Å². The molecule has 0 fully saturated rings. The zero-order valence-electron chi connectivity index (χ0n) is 11.5. The fourth-order valence-corrected chi connectivity index (χ4v) is 2.16. The molecule has 4 nitrogen and oxygen atoms in total. The Morgan fingerprint density at radius 3 is 2.35 bits per heavy atom. The maximum Gasteiger partial charge on any atom is 0.162 e. The first-order valence-electron chi connectivity index (χ1n) is 6.36. The van der Waals surface area contributed by atoms with E-state index >= 15 is 0 Å². The molecule has 0 aliphatic heterocycles. The predicted octanol–water partition coefficient (Wildman–Crippen LogP) is 2.94. The topological polar surface area (TPSA) is 47.3 Å². The number of methoxy groups -OCH3 is 1. The summed E-state index contributed by atoms with van der Waals surface area (Å²) < 4.78 is 7.14. The molecule has 0 bridgehead atoms. The molecule has 98 valence electrons. The van der Waals surface area contributed by atoms with E-state index in [1.807, 2.05) is 4.68 Å². The van der Waals surface area contributed by atoms with Gasteiger partial charge in [-0.15, -0.1) is 0 Å². The number of hydrogen-bond acceptors (Lipinski definition) is 3. The van der Waals surface area contributed by atoms with Crippen molar-refractivity contribution in [3.05, 3.63) is 11.9 Å². The lowest BCUT2D eigenvalue weighted by Crippen LogP contribution is -2.18. The second kappa shape index (κ2) is 6.05. The third-order valence-corrected chi connectivity index (χ3v) is 3.28. The fourth-order valence-electron chi connectivity index (χ4n) is 2.16. The van der Waals surface area contributed by atoms with Crippen molar-refractivity contribution in [2.24, 2.45) is 5.92 Å². The summed E-state index contributed by atoms with van der Waals surface area (Å²) in [6.07, 6.45) is 3.07. The highest BCUT2D eigenvalue weighted by atomic mass is 16.5. The minimum absolute atomic E-state index is 0.220. The van der Waals surface area contributed by atoms with E-state index in [0.29, 0.717) is 5.75 Å². The van der Waals surface area contributed by atoms with Gasteiger partial charge in [-0.1, -0.05) is 26.7 Å². The largest absolute Gasteiger partial charge is 0.493 e. The fraction of sp³-hybridized carbons (Fsp3) is 0.769. The summed E-state index contributed by atoms with van der Waals surface area (Å²) in [5, 5.41) is 14.8. The van der Waals surface area contributed by atoms with Crippen molar-refractivity contribution in [3.63, 3.8) is 0 Å². The van der Waals surface area contributed by atoms with E-state index in [1.165, 1.54) is 0 Å². The normalized spacial score (nSPS) is 13.4. The van der Waals surface area contributed by atoms with Crippen molar-refractivity contribution in [2.45, 2.75) is 52.7 Å². The van der Waals surface area contributed by atoms with E-state index in [-0.39, 0.29) is 12.0 Å². The predicted molar refractivity (Wildman–Crippen MR) is 68.2 cm³/mol. The van der Waals surface area contributed by atoms with Crippen molar-refractivity contribution in [1.29, 1.82) is 0 Å². The van der Waals surface area contributed by atoms with Crippen LogP contribution in [0.25, 0.3) is 0 Å². The van der Waals surface area contributed by atoms with Gasteiger partial charge in [-0.2, -0.15) is 5.10 Å². The Morgan fingerprint density at radius 2 is 1.94 bits per heavy atom. The third kappa shape index (κ3) is 2.80. The molecular weight excluding hydrogens is 216 g/mol. The zero-order valence-corrected chi connectivity index (χ0v) is 11.5. The minimum Gasteiger partial charge on any atom is -0.493 e. The Hall–Kier alpha value is -1.03. The first-order valence-corrected chi connectivity index (χ1v) is 6.36. The molecule has 0 aliphatic rings. The summed E-state index contributed by atoms with van der Waals surface area (Å²) in [5.74, 6) is 0.927. The zero-order chi connectivity index (χ0) is 13.0. The van der Waals surface area contributed by atoms with Gasteiger partial charge in [0.05, 0.1) is 13.3 Å². The van der Waals surface area contributed by atoms with E-state index in [0.717, 1.165) is 18.5 Å². The summed E-state index contributed by atoms with van der Waals surface area (Å²) >= 11 is 0. The van der Waals surface area contributed by atoms with E-state index < -0.39 is 6.10 Å². The second-order valence-electron chi connectivity index (χ2n) is 4.66. The van der Waals surface area contributed by atoms with Gasteiger partial charge in [0.1, 0.15) is 11.8 Å². The Morgan fingerprint density at radius 1 is 1.35 bits per heavy atom. The lowest BCUT2D eigenvalue weighted by molar-refractivity contribution is 0.0900. The van der Waals surface area contributed by atoms with Crippen LogP contribution in [-0.2, 0) is 0 Å². The molecule has 1 heterocycles. The molecule has 0 saturated heterocycles. The number of nitrogens with zero attached hydrogens (tertiary/aromatic N) is 2. The molecule has 1 aromatic heterocycles. The maximum absolute atomic E-state index is 10.5. The molecule has 0 spiro atoms. The molecule has 17 heavy (non-hydrogen) atoms. The molecule has 1 rings (SSSR count). The average molecular weight is 240 g/mol. The molecule has 1 atom stereocenters. The molecule has 4 heteroatoms. The molecule has 0 radical (unpaired) electrons. The van der Waals surface area contributed by atoms with E-state index in [1.54, 1.807) is 13.3 Å². The van der Waals surface area contributed by atoms with Crippen molar-refractivity contribution >= 4 is 0 Å². The van der Waals surface area contributed by atoms with Gasteiger partial charge in [0.15, 0.2) is 5.75 Å². The van der Waals surface area contributed by atoms with Crippen LogP contribution in [0, 0.1) is 5.92 Å². The SMILES string of the molecule is CCC(CC)C(O)c1c(OC)cnn1C(C)C. The number of aromatic nitrogens is 2. The van der Waals surface area contributed by atoms with Crippen molar-refractivity contribution in [2.75, 3.05) is 7.11 Å². The van der Waals surface area contributed by atoms with Crippen LogP contribution in [0.2, 0.25) is 0 Å². The molecule has 1 unspecified atom stereocenters. The molecule has 0 amide bonds. The highest BCUT2D eigenvalue weighted by Crippen LogP contribution is 2.34. The van der Waals surface area contributed by atoms with E-state index in [4.69, 9.17) is 4.74 Å². The van der Waals surface area contributed by atoms with Crippen LogP contribution in [0.3, 0.4) is 0 Å². The van der Waals surface area contributed by atoms with E-state index in [9.17, 15) is 5.11 Å². The smallest absolute Gasteiger partial charge is 0.162 e. The van der Waals surface area contributed by atoms with Crippen molar-refractivity contribution in [1.82, 2.24) is 9.78 Å². The van der Waals surface area contributed by atoms with Gasteiger partial charge in [0, 0.05) is 6.04 Å². The van der Waals surface area contributed by atoms with Gasteiger partial charge in [-0.05, 0) is 19.8 Å². The van der Waals surface area contributed by atoms with Gasteiger partial charge < -0.3 is 9.84 Å². The molecule has 0 saturated carbocycles. The lowest BCUT2D eigenvalue weighted by Gasteiger charge is -2.23. The molecule has 1 aromatic rings. The lowest BCUT2D eigenvalue weighted by atomic mass is 9.94. The summed E-state index contributed by atoms with van der Waals surface area (Å²) in [4.78, 5) is 0. The quantitative estimate of drug-likeness (QED) is 0.831. The van der Waals surface area contributed by atoms with Gasteiger partial charge in [0.25, 0.3) is 0 Å². The molecular formula is C13H24N2O2. The monoisotopic (exact) mass is 240 g/mol. The van der Waals surface area contributed by atoms with Crippen LogP contribution in [0.4, 0.5) is 0 Å². The highest BCUT2D eigenvalue weighted by molar-refractivity contribution is 5.28. The van der Waals surface area contributed by atoms with E-state index in [2.05, 4.69) is 32.8 Å². The third-order valence-electron chi connectivity index (χ3n) is 3.28. The highest BCUT2D eigenvalue weighted by Gasteiger charge is 2.26. The van der Waals surface area contributed by atoms with Crippen LogP contribution in [-0.4, -0.2) is 22.0 Å². The van der Waals surface area contributed by atoms with Crippen LogP contribution in [0.5, 0.6) is 5.75 Å². The number of ether oxygens (including phenoxy) is 1. The van der Waals surface area contributed by atoms with Gasteiger partial charge in [0.2, 0.25) is 0 Å². The minimum atomic E-state index is -0.509. The maximum atomic E-state index is 10.5. The number of hydrogen-bond donors (Lipinski definition) is 1. The summed E-state index contributed by atoms with van der Waals surface area (Å²) in [5.41, 5.74) is 0.802. The van der Waals surface area contributed by atoms with Crippen LogP contribution in [0.1, 0.15) is 58.4 Å². The molecule has 0 aromatic carbocycles. The summed E-state index contributed by atoms with van der Waals surface area (Å²) in [6.45, 7) is 8.30. The standard InChI is InChI=1S/C13H24N2O2/c1-6-10(7-2)13(16)12-11(17-5)8-14-15(12)9(3)4/h8-10,13,16H,6-7H2,1-5H3. The number of aliphatic hydroxyl groups excluding tert-OH is 1. The summed E-state index contributed by atoms with van der Waals surface area (Å²) in [7, 11) is 1.62. The van der Waals surface area contributed by atoms with Gasteiger partial charge in [-0.3, -0.25) is 4.68 Å². The Balaban J connectivity index is 3.12. The number of rotatable bonds is 6. The molecule has 1 N–H and O–H groups in total. The van der Waals surface area contributed by atoms with Crippen LogP contribution < -0.4 is 4.74 Å². The van der Waals surface area contributed by atoms with Crippen LogP contribution >= 0.6 is 0 Å².